The van der Waals surface area contributed by atoms with Crippen molar-refractivity contribution in [3.05, 3.63) is 67.8 Å². The zero-order valence-electron chi connectivity index (χ0n) is 14.9. The number of nitrogens with zero attached hydrogens (tertiary/aromatic N) is 2. The molecule has 0 saturated heterocycles. The van der Waals surface area contributed by atoms with Gasteiger partial charge in [-0.15, -0.1) is 0 Å². The molecule has 0 radical (unpaired) electrons. The van der Waals surface area contributed by atoms with Gasteiger partial charge < -0.3 is 15.8 Å². The Labute approximate surface area is 177 Å². The monoisotopic (exact) mass is 464 g/mol. The quantitative estimate of drug-likeness (QED) is 0.207. The summed E-state index contributed by atoms with van der Waals surface area (Å²) in [6, 6.07) is 3.44. The fourth-order valence-electron chi connectivity index (χ4n) is 2.15. The molecule has 8 nitrogen and oxygen atoms in total. The van der Waals surface area contributed by atoms with Crippen molar-refractivity contribution in [3.63, 3.8) is 0 Å². The van der Waals surface area contributed by atoms with Crippen molar-refractivity contribution in [2.45, 2.75) is 6.18 Å². The Hall–Kier alpha value is -3.05. The van der Waals surface area contributed by atoms with Gasteiger partial charge in [0.15, 0.2) is 0 Å². The summed E-state index contributed by atoms with van der Waals surface area (Å²) in [5, 5.41) is 12.9. The number of rotatable bonds is 7. The molecule has 2 aromatic rings. The molecule has 0 unspecified atom stereocenters. The number of hydrogen-bond acceptors (Lipinski definition) is 6. The smallest absolute Gasteiger partial charge is 0.416 e. The average Bonchev–Trinajstić information content (AvgIpc) is 2.63. The number of nitrogen functional groups attached to an aromatic ring is 1. The fraction of sp³-hybridized carbons (Fsp3) is 0.176. The number of hydrogen-bond donors (Lipinski definition) is 2. The van der Waals surface area contributed by atoms with E-state index in [9.17, 15) is 28.1 Å². The van der Waals surface area contributed by atoms with Gasteiger partial charge in [-0.25, -0.2) is 4.98 Å². The topological polar surface area (TPSA) is 120 Å². The third-order valence-electron chi connectivity index (χ3n) is 3.53. The van der Waals surface area contributed by atoms with Gasteiger partial charge in [-0.05, 0) is 18.2 Å². The number of nitrogens with two attached hydrogens (primary N) is 1. The van der Waals surface area contributed by atoms with Gasteiger partial charge in [0.1, 0.15) is 17.4 Å². The van der Waals surface area contributed by atoms with E-state index < -0.39 is 28.3 Å². The van der Waals surface area contributed by atoms with Crippen LogP contribution >= 0.6 is 23.2 Å². The highest BCUT2D eigenvalue weighted by Crippen LogP contribution is 2.32. The Morgan fingerprint density at radius 2 is 1.97 bits per heavy atom. The van der Waals surface area contributed by atoms with Crippen LogP contribution < -0.4 is 15.8 Å². The molecular formula is C17H13Cl2F3N4O4. The molecule has 0 bridgehead atoms. The summed E-state index contributed by atoms with van der Waals surface area (Å²) in [4.78, 5) is 25.9. The first-order chi connectivity index (χ1) is 14.0. The van der Waals surface area contributed by atoms with Gasteiger partial charge in [0.05, 0.1) is 21.1 Å². The highest BCUT2D eigenvalue weighted by molar-refractivity contribution is 6.34. The van der Waals surface area contributed by atoms with Crippen LogP contribution in [-0.2, 0) is 6.18 Å². The Kier molecular flexibility index (Phi) is 7.46. The van der Waals surface area contributed by atoms with Crippen LogP contribution in [0, 0.1) is 10.1 Å². The Bertz CT molecular complexity index is 1000. The van der Waals surface area contributed by atoms with E-state index in [0.717, 1.165) is 12.1 Å². The number of pyridine rings is 1. The van der Waals surface area contributed by atoms with Gasteiger partial charge >= 0.3 is 6.18 Å². The number of halogens is 5. The minimum atomic E-state index is -4.59. The summed E-state index contributed by atoms with van der Waals surface area (Å²) in [5.41, 5.74) is 3.71. The van der Waals surface area contributed by atoms with Crippen molar-refractivity contribution in [1.29, 1.82) is 0 Å². The average molecular weight is 465 g/mol. The molecule has 0 atom stereocenters. The van der Waals surface area contributed by atoms with E-state index in [1.54, 1.807) is 0 Å². The van der Waals surface area contributed by atoms with Gasteiger partial charge in [-0.2, -0.15) is 13.2 Å². The third kappa shape index (κ3) is 6.22. The van der Waals surface area contributed by atoms with Gasteiger partial charge in [0.2, 0.25) is 5.88 Å². The number of benzene rings is 1. The normalized spacial score (nSPS) is 11.5. The molecule has 1 amide bonds. The van der Waals surface area contributed by atoms with Crippen LogP contribution in [0.25, 0.3) is 0 Å². The van der Waals surface area contributed by atoms with E-state index >= 15 is 0 Å². The molecule has 160 valence electrons. The Balaban J connectivity index is 1.91. The largest absolute Gasteiger partial charge is 0.473 e. The maximum atomic E-state index is 12.7. The van der Waals surface area contributed by atoms with Crippen LogP contribution in [0.15, 0.2) is 36.4 Å². The number of carbonyl (C=O) groups is 1. The second-order valence-corrected chi connectivity index (χ2v) is 6.45. The molecule has 30 heavy (non-hydrogen) atoms. The maximum absolute atomic E-state index is 12.7. The summed E-state index contributed by atoms with van der Waals surface area (Å²) in [6.45, 7) is -0.151. The number of nitro benzene ring substituents is 1. The van der Waals surface area contributed by atoms with E-state index in [4.69, 9.17) is 33.7 Å². The fourth-order valence-corrected chi connectivity index (χ4v) is 2.61. The molecule has 0 fully saturated rings. The summed E-state index contributed by atoms with van der Waals surface area (Å²) in [5.74, 6) is -0.996. The van der Waals surface area contributed by atoms with Crippen molar-refractivity contribution in [2.75, 3.05) is 18.9 Å². The SMILES string of the molecule is Nc1cc(Cl)c(C(=O)NCC=CCOc2cc(C(F)(F)F)cc(Cl)n2)cc1[N+](=O)[O-]. The molecule has 2 rings (SSSR count). The van der Waals surface area contributed by atoms with E-state index in [1.807, 2.05) is 0 Å². The number of carbonyl (C=O) groups excluding carboxylic acids is 1. The molecular weight excluding hydrogens is 452 g/mol. The molecule has 1 aromatic heterocycles. The van der Waals surface area contributed by atoms with Crippen molar-refractivity contribution in [2.24, 2.45) is 0 Å². The van der Waals surface area contributed by atoms with Crippen LogP contribution in [0.5, 0.6) is 5.88 Å². The maximum Gasteiger partial charge on any atom is 0.416 e. The first-order valence-corrected chi connectivity index (χ1v) is 8.79. The first-order valence-electron chi connectivity index (χ1n) is 8.03. The van der Waals surface area contributed by atoms with Crippen molar-refractivity contribution in [3.8, 4) is 5.88 Å². The van der Waals surface area contributed by atoms with Crippen LogP contribution in [0.3, 0.4) is 0 Å². The number of ether oxygens (including phenoxy) is 1. The van der Waals surface area contributed by atoms with Crippen molar-refractivity contribution in [1.82, 2.24) is 10.3 Å². The predicted molar refractivity (Wildman–Crippen MR) is 104 cm³/mol. The number of anilines is 1. The predicted octanol–water partition coefficient (Wildman–Crippen LogP) is 4.26. The zero-order chi connectivity index (χ0) is 22.5. The molecule has 0 aliphatic heterocycles. The summed E-state index contributed by atoms with van der Waals surface area (Å²) in [7, 11) is 0. The lowest BCUT2D eigenvalue weighted by Gasteiger charge is -2.09. The van der Waals surface area contributed by atoms with Gasteiger partial charge in [-0.3, -0.25) is 14.9 Å². The number of aromatic nitrogens is 1. The highest BCUT2D eigenvalue weighted by atomic mass is 35.5. The summed E-state index contributed by atoms with van der Waals surface area (Å²) >= 11 is 11.4. The minimum absolute atomic E-state index is 0.00648. The first kappa shape index (κ1) is 23.2. The number of alkyl halides is 3. The van der Waals surface area contributed by atoms with Crippen LogP contribution in [0.4, 0.5) is 24.5 Å². The third-order valence-corrected chi connectivity index (χ3v) is 4.04. The van der Waals surface area contributed by atoms with Gasteiger partial charge in [0, 0.05) is 18.7 Å². The van der Waals surface area contributed by atoms with Gasteiger partial charge in [0.25, 0.3) is 11.6 Å². The molecule has 13 heteroatoms. The molecule has 1 heterocycles. The standard InChI is InChI=1S/C17H13Cl2F3N4O4/c18-11-8-12(23)13(26(28)29)7-10(11)16(27)24-3-1-2-4-30-15-6-9(17(20,21)22)5-14(19)25-15/h1-2,5-8H,3-4,23H2,(H,24,27). The molecule has 1 aromatic carbocycles. The Morgan fingerprint density at radius 3 is 2.60 bits per heavy atom. The number of nitro groups is 1. The molecule has 0 saturated carbocycles. The molecule has 0 aliphatic carbocycles. The second kappa shape index (κ2) is 9.63. The van der Waals surface area contributed by atoms with Crippen molar-refractivity contribution < 1.29 is 27.6 Å². The lowest BCUT2D eigenvalue weighted by molar-refractivity contribution is -0.383. The summed E-state index contributed by atoms with van der Waals surface area (Å²) in [6.07, 6.45) is -1.72. The van der Waals surface area contributed by atoms with Crippen LogP contribution in [0.2, 0.25) is 10.2 Å². The highest BCUT2D eigenvalue weighted by Gasteiger charge is 2.31. The van der Waals surface area contributed by atoms with E-state index in [1.165, 1.54) is 12.2 Å². The summed E-state index contributed by atoms with van der Waals surface area (Å²) < 4.78 is 43.2. The van der Waals surface area contributed by atoms with Crippen LogP contribution in [0.1, 0.15) is 15.9 Å². The van der Waals surface area contributed by atoms with E-state index in [2.05, 4.69) is 10.3 Å². The van der Waals surface area contributed by atoms with Crippen molar-refractivity contribution >= 4 is 40.5 Å². The molecule has 3 N–H and O–H groups in total. The lowest BCUT2D eigenvalue weighted by atomic mass is 10.1. The lowest BCUT2D eigenvalue weighted by Crippen LogP contribution is -2.24. The van der Waals surface area contributed by atoms with Crippen LogP contribution in [-0.4, -0.2) is 29.0 Å². The van der Waals surface area contributed by atoms with Gasteiger partial charge in [-0.1, -0.05) is 29.3 Å². The van der Waals surface area contributed by atoms with E-state index in [-0.39, 0.29) is 40.5 Å². The number of nitrogens with one attached hydrogen (secondary N) is 1. The molecule has 0 spiro atoms. The Morgan fingerprint density at radius 1 is 1.27 bits per heavy atom. The molecule has 0 aliphatic rings. The van der Waals surface area contributed by atoms with E-state index in [0.29, 0.717) is 12.1 Å². The second-order valence-electron chi connectivity index (χ2n) is 5.65. The zero-order valence-corrected chi connectivity index (χ0v) is 16.4. The minimum Gasteiger partial charge on any atom is -0.473 e. The number of amides is 1.